The van der Waals surface area contributed by atoms with Crippen molar-refractivity contribution in [2.24, 2.45) is 0 Å². The van der Waals surface area contributed by atoms with E-state index in [0.29, 0.717) is 5.58 Å². The molecule has 4 rings (SSSR count). The van der Waals surface area contributed by atoms with Gasteiger partial charge in [0.05, 0.1) is 0 Å². The van der Waals surface area contributed by atoms with Crippen LogP contribution in [-0.4, -0.2) is 34.7 Å². The van der Waals surface area contributed by atoms with Crippen LogP contribution in [0.4, 0.5) is 0 Å². The molecule has 2 heterocycles. The molecule has 0 atom stereocenters. The van der Waals surface area contributed by atoms with E-state index >= 15 is 0 Å². The van der Waals surface area contributed by atoms with E-state index in [0.717, 1.165) is 45.2 Å². The van der Waals surface area contributed by atoms with Gasteiger partial charge in [-0.1, -0.05) is 0 Å². The Morgan fingerprint density at radius 2 is 1.96 bits per heavy atom. The van der Waals surface area contributed by atoms with Gasteiger partial charge in [-0.3, -0.25) is 0 Å². The van der Waals surface area contributed by atoms with Gasteiger partial charge in [-0.15, -0.1) is 0 Å². The second-order valence-electron chi connectivity index (χ2n) is 6.80. The number of fused-ring (bicyclic) bond motifs is 3. The molecule has 7 heteroatoms. The third-order valence-corrected chi connectivity index (χ3v) is 9.70. The topological polar surface area (TPSA) is 65.7 Å². The third-order valence-electron chi connectivity index (χ3n) is 5.37. The molecule has 0 aliphatic heterocycles. The molecule has 0 radical (unpaired) electrons. The van der Waals surface area contributed by atoms with Crippen molar-refractivity contribution in [3.63, 3.8) is 0 Å². The standard InChI is InChI=1S/C20H19BrO5Se/c1-24-18(22)13-10-11-6-7-12-14(21)17(20(25-2)8-4-3-5-9-20)27-16(12)15(11)26-19(13)23/h6-7,10H,3-5,8-9H2,1-2H3. The number of rotatable bonds is 3. The predicted molar refractivity (Wildman–Crippen MR) is 108 cm³/mol. The van der Waals surface area contributed by atoms with Crippen LogP contribution in [0.1, 0.15) is 46.9 Å². The van der Waals surface area contributed by atoms with Crippen LogP contribution >= 0.6 is 15.9 Å². The number of hydrogen-bond donors (Lipinski definition) is 0. The fraction of sp³-hybridized carbons (Fsp3) is 0.400. The van der Waals surface area contributed by atoms with Crippen LogP contribution < -0.4 is 5.63 Å². The minimum absolute atomic E-state index is 0.0241. The molecule has 1 fully saturated rings. The zero-order chi connectivity index (χ0) is 19.2. The maximum absolute atomic E-state index is 12.3. The van der Waals surface area contributed by atoms with Crippen molar-refractivity contribution in [3.05, 3.63) is 43.1 Å². The zero-order valence-electron chi connectivity index (χ0n) is 15.1. The molecule has 1 aromatic carbocycles. The number of carbonyl (C=O) groups excluding carboxylic acids is 1. The monoisotopic (exact) mass is 498 g/mol. The Hall–Kier alpha value is -1.40. The summed E-state index contributed by atoms with van der Waals surface area (Å²) in [5, 5.41) is 1.78. The van der Waals surface area contributed by atoms with Gasteiger partial charge in [-0.2, -0.15) is 0 Å². The summed E-state index contributed by atoms with van der Waals surface area (Å²) in [6.07, 6.45) is 5.57. The van der Waals surface area contributed by atoms with Gasteiger partial charge in [-0.05, 0) is 0 Å². The van der Waals surface area contributed by atoms with Gasteiger partial charge in [0, 0.05) is 0 Å². The third kappa shape index (κ3) is 3.01. The molecule has 1 aliphatic rings. The zero-order valence-corrected chi connectivity index (χ0v) is 18.4. The quantitative estimate of drug-likeness (QED) is 0.305. The number of benzene rings is 1. The molecule has 0 bridgehead atoms. The predicted octanol–water partition coefficient (Wildman–Crippen LogP) is 4.36. The van der Waals surface area contributed by atoms with E-state index in [2.05, 4.69) is 20.7 Å². The first-order chi connectivity index (χ1) is 13.0. The van der Waals surface area contributed by atoms with Crippen LogP contribution in [0, 0.1) is 0 Å². The first-order valence-electron chi connectivity index (χ1n) is 8.83. The second-order valence-corrected chi connectivity index (χ2v) is 9.74. The molecule has 1 saturated carbocycles. The van der Waals surface area contributed by atoms with Crippen molar-refractivity contribution in [1.29, 1.82) is 0 Å². The van der Waals surface area contributed by atoms with Gasteiger partial charge in [0.1, 0.15) is 0 Å². The van der Waals surface area contributed by atoms with Gasteiger partial charge in [0.25, 0.3) is 0 Å². The average molecular weight is 498 g/mol. The summed E-state index contributed by atoms with van der Waals surface area (Å²) in [5.74, 6) is -0.683. The summed E-state index contributed by atoms with van der Waals surface area (Å²) in [5.41, 5.74) is -0.431. The van der Waals surface area contributed by atoms with Gasteiger partial charge < -0.3 is 0 Å². The normalized spacial score (nSPS) is 16.7. The second kappa shape index (κ2) is 7.21. The molecule has 5 nitrogen and oxygen atoms in total. The Morgan fingerprint density at radius 3 is 2.63 bits per heavy atom. The van der Waals surface area contributed by atoms with Crippen molar-refractivity contribution in [1.82, 2.24) is 0 Å². The van der Waals surface area contributed by atoms with Crippen molar-refractivity contribution >= 4 is 57.0 Å². The number of ether oxygens (including phenoxy) is 2. The Bertz CT molecular complexity index is 1090. The van der Waals surface area contributed by atoms with Crippen molar-refractivity contribution in [2.45, 2.75) is 37.7 Å². The van der Waals surface area contributed by atoms with Crippen LogP contribution in [0.3, 0.4) is 0 Å². The van der Waals surface area contributed by atoms with E-state index in [-0.39, 0.29) is 25.7 Å². The summed E-state index contributed by atoms with van der Waals surface area (Å²) in [6.45, 7) is 0. The summed E-state index contributed by atoms with van der Waals surface area (Å²) >= 11 is 3.77. The summed E-state index contributed by atoms with van der Waals surface area (Å²) in [7, 11) is 3.04. The average Bonchev–Trinajstić information content (AvgIpc) is 3.05. The number of halogens is 1. The van der Waals surface area contributed by atoms with E-state index in [1.165, 1.54) is 18.0 Å². The molecule has 0 unspecified atom stereocenters. The van der Waals surface area contributed by atoms with Gasteiger partial charge in [0.15, 0.2) is 0 Å². The van der Waals surface area contributed by atoms with Crippen molar-refractivity contribution < 1.29 is 18.7 Å². The first kappa shape index (κ1) is 18.9. The molecular formula is C20H19BrO5Se. The first-order valence-corrected chi connectivity index (χ1v) is 11.3. The summed E-state index contributed by atoms with van der Waals surface area (Å²) in [4.78, 5) is 24.1. The number of carbonyl (C=O) groups is 1. The van der Waals surface area contributed by atoms with Gasteiger partial charge >= 0.3 is 171 Å². The molecular weight excluding hydrogens is 479 g/mol. The van der Waals surface area contributed by atoms with Crippen LogP contribution in [0.25, 0.3) is 20.6 Å². The Morgan fingerprint density at radius 1 is 1.22 bits per heavy atom. The maximum atomic E-state index is 12.3. The van der Waals surface area contributed by atoms with Crippen LogP contribution in [0.15, 0.2) is 31.9 Å². The minimum atomic E-state index is -0.683. The molecule has 0 saturated heterocycles. The van der Waals surface area contributed by atoms with Crippen LogP contribution in [-0.2, 0) is 15.1 Å². The van der Waals surface area contributed by atoms with Gasteiger partial charge in [0.2, 0.25) is 0 Å². The fourth-order valence-corrected chi connectivity index (χ4v) is 8.26. The Kier molecular flexibility index (Phi) is 5.06. The Balaban J connectivity index is 1.96. The van der Waals surface area contributed by atoms with E-state index in [4.69, 9.17) is 9.15 Å². The summed E-state index contributed by atoms with van der Waals surface area (Å²) in [6, 6.07) is 5.45. The molecule has 0 N–H and O–H groups in total. The molecule has 0 spiro atoms. The van der Waals surface area contributed by atoms with E-state index in [1.807, 2.05) is 12.1 Å². The summed E-state index contributed by atoms with van der Waals surface area (Å²) < 4.78 is 19.7. The van der Waals surface area contributed by atoms with Crippen molar-refractivity contribution in [2.75, 3.05) is 14.2 Å². The van der Waals surface area contributed by atoms with Crippen molar-refractivity contribution in [3.8, 4) is 0 Å². The molecule has 1 aliphatic carbocycles. The number of hydrogen-bond acceptors (Lipinski definition) is 5. The Labute approximate surface area is 170 Å². The number of methoxy groups -OCH3 is 2. The fourth-order valence-electron chi connectivity index (χ4n) is 3.89. The molecule has 0 amide bonds. The van der Waals surface area contributed by atoms with Crippen LogP contribution in [0.5, 0.6) is 0 Å². The van der Waals surface area contributed by atoms with E-state index < -0.39 is 11.6 Å². The van der Waals surface area contributed by atoms with Gasteiger partial charge in [-0.25, -0.2) is 0 Å². The SMILES string of the molecule is COC(=O)c1cc2ccc3c(Br)c(C4(OC)CCCCC4)[se]c3c2oc1=O. The molecule has 142 valence electrons. The molecule has 3 aromatic rings. The number of esters is 1. The van der Waals surface area contributed by atoms with Crippen LogP contribution in [0.2, 0.25) is 0 Å². The van der Waals surface area contributed by atoms with E-state index in [9.17, 15) is 9.59 Å². The molecule has 2 aromatic heterocycles. The van der Waals surface area contributed by atoms with E-state index in [1.54, 1.807) is 13.2 Å². The molecule has 27 heavy (non-hydrogen) atoms.